The lowest BCUT2D eigenvalue weighted by atomic mass is 10.1. The van der Waals surface area contributed by atoms with Gasteiger partial charge in [-0.3, -0.25) is 0 Å². The van der Waals surface area contributed by atoms with Gasteiger partial charge in [-0.2, -0.15) is 5.90 Å². The van der Waals surface area contributed by atoms with Crippen molar-refractivity contribution >= 4 is 17.4 Å². The van der Waals surface area contributed by atoms with Gasteiger partial charge in [-0.05, 0) is 62.6 Å². The molecule has 30 heavy (non-hydrogen) atoms. The summed E-state index contributed by atoms with van der Waals surface area (Å²) in [5, 5.41) is 9.57. The number of aryl methyl sites for hydroxylation is 1. The summed E-state index contributed by atoms with van der Waals surface area (Å²) in [6.07, 6.45) is 11.4. The van der Waals surface area contributed by atoms with Crippen LogP contribution in [0.15, 0.2) is 67.4 Å². The van der Waals surface area contributed by atoms with E-state index < -0.39 is 0 Å². The van der Waals surface area contributed by atoms with Crippen LogP contribution in [0, 0.1) is 6.92 Å². The number of nitrogens with two attached hydrogens (primary N) is 2. The molecule has 0 bridgehead atoms. The molecule has 7 nitrogen and oxygen atoms in total. The number of aromatic nitrogens is 2. The van der Waals surface area contributed by atoms with Gasteiger partial charge in [0.25, 0.3) is 0 Å². The first-order valence-electron chi connectivity index (χ1n) is 9.96. The van der Waals surface area contributed by atoms with Crippen LogP contribution in [0.2, 0.25) is 0 Å². The van der Waals surface area contributed by atoms with Crippen molar-refractivity contribution < 1.29 is 9.94 Å². The van der Waals surface area contributed by atoms with Gasteiger partial charge in [-0.15, -0.1) is 0 Å². The molecule has 0 spiro atoms. The molecule has 160 valence electrons. The van der Waals surface area contributed by atoms with Crippen molar-refractivity contribution in [2.75, 3.05) is 23.7 Å². The van der Waals surface area contributed by atoms with Crippen LogP contribution in [0.25, 0.3) is 5.76 Å². The van der Waals surface area contributed by atoms with Crippen molar-refractivity contribution in [3.8, 4) is 0 Å². The quantitative estimate of drug-likeness (QED) is 0.381. The fourth-order valence-corrected chi connectivity index (χ4v) is 3.01. The highest BCUT2D eigenvalue weighted by molar-refractivity contribution is 5.63. The molecule has 0 atom stereocenters. The van der Waals surface area contributed by atoms with Crippen molar-refractivity contribution in [3.05, 3.63) is 78.7 Å². The molecule has 3 rings (SSSR count). The predicted octanol–water partition coefficient (Wildman–Crippen LogP) is 3.38. The lowest BCUT2D eigenvalue weighted by Crippen LogP contribution is -2.35. The van der Waals surface area contributed by atoms with Gasteiger partial charge in [0, 0.05) is 36.2 Å². The van der Waals surface area contributed by atoms with Crippen molar-refractivity contribution in [3.63, 3.8) is 0 Å². The Balaban J connectivity index is 0.000000335. The highest BCUT2D eigenvalue weighted by Crippen LogP contribution is 2.23. The van der Waals surface area contributed by atoms with E-state index in [0.717, 1.165) is 43.6 Å². The molecule has 0 amide bonds. The Hall–Kier alpha value is -3.16. The minimum Gasteiger partial charge on any atom is -0.411 e. The highest BCUT2D eigenvalue weighted by Gasteiger charge is 2.17. The Morgan fingerprint density at radius 2 is 1.97 bits per heavy atom. The third kappa shape index (κ3) is 7.69. The summed E-state index contributed by atoms with van der Waals surface area (Å²) in [4.78, 5) is 14.8. The Labute approximate surface area is 178 Å². The van der Waals surface area contributed by atoms with E-state index >= 15 is 0 Å². The predicted molar refractivity (Wildman–Crippen MR) is 122 cm³/mol. The summed E-state index contributed by atoms with van der Waals surface area (Å²) in [6.45, 7) is 7.29. The van der Waals surface area contributed by atoms with Crippen molar-refractivity contribution in [1.82, 2.24) is 9.97 Å². The number of benzene rings is 1. The Morgan fingerprint density at radius 3 is 2.50 bits per heavy atom. The van der Waals surface area contributed by atoms with E-state index in [1.54, 1.807) is 18.3 Å². The molecule has 2 heterocycles. The molecule has 5 N–H and O–H groups in total. The van der Waals surface area contributed by atoms with Gasteiger partial charge in [0.15, 0.2) is 0 Å². The second kappa shape index (κ2) is 12.4. The second-order valence-electron chi connectivity index (χ2n) is 6.91. The van der Waals surface area contributed by atoms with Crippen LogP contribution in [0.1, 0.15) is 30.5 Å². The summed E-state index contributed by atoms with van der Waals surface area (Å²) in [5.41, 5.74) is 8.26. The van der Waals surface area contributed by atoms with Gasteiger partial charge in [-0.1, -0.05) is 24.8 Å². The van der Waals surface area contributed by atoms with Crippen LogP contribution in [-0.4, -0.2) is 34.3 Å². The Bertz CT molecular complexity index is 824. The topological polar surface area (TPSA) is 111 Å². The maximum absolute atomic E-state index is 9.57. The van der Waals surface area contributed by atoms with Crippen LogP contribution in [0.3, 0.4) is 0 Å². The summed E-state index contributed by atoms with van der Waals surface area (Å²) in [6, 6.07) is 9.96. The number of rotatable bonds is 6. The fraction of sp³-hybridized carbons (Fsp3) is 0.304. The molecule has 0 aliphatic carbocycles. The van der Waals surface area contributed by atoms with Crippen molar-refractivity contribution in [2.24, 2.45) is 5.90 Å². The molecule has 0 radical (unpaired) electrons. The molecule has 1 aliphatic rings. The van der Waals surface area contributed by atoms with E-state index in [0.29, 0.717) is 11.7 Å². The number of aliphatic hydroxyl groups excluding tert-OH is 1. The summed E-state index contributed by atoms with van der Waals surface area (Å²) < 4.78 is 0. The monoisotopic (exact) mass is 409 g/mol. The number of piperidine rings is 1. The van der Waals surface area contributed by atoms with E-state index in [-0.39, 0.29) is 6.10 Å². The molecular weight excluding hydrogens is 378 g/mol. The molecule has 1 fully saturated rings. The number of allylic oxidation sites excluding steroid dienone is 4. The second-order valence-corrected chi connectivity index (χ2v) is 6.91. The third-order valence-electron chi connectivity index (χ3n) is 4.63. The maximum Gasteiger partial charge on any atom is 0.220 e. The third-order valence-corrected chi connectivity index (χ3v) is 4.63. The minimum absolute atomic E-state index is 0.153. The fourth-order valence-electron chi connectivity index (χ4n) is 3.01. The number of aliphatic hydroxyl groups is 1. The molecule has 1 aromatic carbocycles. The summed E-state index contributed by atoms with van der Waals surface area (Å²) in [5.74, 6) is 6.36. The van der Waals surface area contributed by atoms with Gasteiger partial charge in [0.2, 0.25) is 5.95 Å². The van der Waals surface area contributed by atoms with Crippen LogP contribution in [-0.2, 0) is 4.84 Å². The zero-order valence-corrected chi connectivity index (χ0v) is 17.4. The number of hydrogen-bond donors (Lipinski definition) is 3. The zero-order valence-electron chi connectivity index (χ0n) is 17.4. The van der Waals surface area contributed by atoms with E-state index in [2.05, 4.69) is 33.6 Å². The molecule has 1 aliphatic heterocycles. The summed E-state index contributed by atoms with van der Waals surface area (Å²) in [7, 11) is 0. The maximum atomic E-state index is 9.57. The first kappa shape index (κ1) is 23.1. The van der Waals surface area contributed by atoms with Crippen LogP contribution in [0.4, 0.5) is 11.6 Å². The molecule has 7 heteroatoms. The largest absolute Gasteiger partial charge is 0.411 e. The Morgan fingerprint density at radius 1 is 1.27 bits per heavy atom. The van der Waals surface area contributed by atoms with Crippen molar-refractivity contribution in [1.29, 1.82) is 0 Å². The first-order valence-corrected chi connectivity index (χ1v) is 9.96. The van der Waals surface area contributed by atoms with Crippen LogP contribution in [0.5, 0.6) is 0 Å². The molecule has 0 unspecified atom stereocenters. The van der Waals surface area contributed by atoms with Crippen LogP contribution >= 0.6 is 0 Å². The SMILES string of the molecule is C=C/C=C\C/C=C(\ON)c1ccc(N2CCC(O)CC2)cc1.Cc1ccnc(N)n1. The van der Waals surface area contributed by atoms with Gasteiger partial charge < -0.3 is 20.6 Å². The smallest absolute Gasteiger partial charge is 0.220 e. The zero-order chi connectivity index (χ0) is 21.8. The van der Waals surface area contributed by atoms with Gasteiger partial charge >= 0.3 is 0 Å². The Kier molecular flexibility index (Phi) is 9.57. The minimum atomic E-state index is -0.153. The van der Waals surface area contributed by atoms with E-state index in [1.165, 1.54) is 5.69 Å². The number of nitrogen functional groups attached to an aromatic ring is 1. The first-order chi connectivity index (χ1) is 14.5. The van der Waals surface area contributed by atoms with E-state index in [1.807, 2.05) is 37.3 Å². The highest BCUT2D eigenvalue weighted by atomic mass is 16.6. The van der Waals surface area contributed by atoms with Crippen molar-refractivity contribution in [2.45, 2.75) is 32.3 Å². The average Bonchev–Trinajstić information content (AvgIpc) is 2.75. The molecule has 1 aromatic heterocycles. The molecule has 2 aromatic rings. The molecule has 1 saturated heterocycles. The lowest BCUT2D eigenvalue weighted by molar-refractivity contribution is 0.145. The normalized spacial score (nSPS) is 14.9. The number of hydrogen-bond acceptors (Lipinski definition) is 7. The van der Waals surface area contributed by atoms with E-state index in [4.69, 9.17) is 16.5 Å². The van der Waals surface area contributed by atoms with Gasteiger partial charge in [-0.25, -0.2) is 9.97 Å². The number of nitrogens with zero attached hydrogens (tertiary/aromatic N) is 3. The lowest BCUT2D eigenvalue weighted by Gasteiger charge is -2.31. The molecule has 0 saturated carbocycles. The van der Waals surface area contributed by atoms with Crippen LogP contribution < -0.4 is 16.5 Å². The summed E-state index contributed by atoms with van der Waals surface area (Å²) >= 11 is 0. The van der Waals surface area contributed by atoms with Gasteiger partial charge in [0.05, 0.1) is 6.10 Å². The van der Waals surface area contributed by atoms with Gasteiger partial charge in [0.1, 0.15) is 5.76 Å². The average molecular weight is 410 g/mol. The standard InChI is InChI=1S/C18H24N2O2.C5H7N3/c1-2-3-4-5-6-18(22-19)15-7-9-16(10-8-15)20-13-11-17(21)12-14-20;1-4-2-3-7-5(6)8-4/h2-4,6-10,17,21H,1,5,11-14,19H2;2-3H,1H3,(H2,6,7,8)/b4-3-,18-6-;. The molecular formula is C23H31N5O2. The van der Waals surface area contributed by atoms with E-state index in [9.17, 15) is 5.11 Å². The number of anilines is 2.